The number of carbonyl (C=O) groups excluding carboxylic acids is 2. The van der Waals surface area contributed by atoms with Crippen molar-refractivity contribution in [1.29, 1.82) is 0 Å². The second-order valence-corrected chi connectivity index (χ2v) is 7.69. The van der Waals surface area contributed by atoms with Gasteiger partial charge in [-0.2, -0.15) is 0 Å². The Bertz CT molecular complexity index is 1010. The Morgan fingerprint density at radius 3 is 2.71 bits per heavy atom. The fourth-order valence-corrected chi connectivity index (χ4v) is 3.67. The van der Waals surface area contributed by atoms with Crippen LogP contribution < -0.4 is 19.5 Å². The van der Waals surface area contributed by atoms with Crippen molar-refractivity contribution in [1.82, 2.24) is 9.29 Å². The molecular formula is C17H19N3O7S. The number of ether oxygens (including phenoxy) is 3. The zero-order chi connectivity index (χ0) is 20.3. The van der Waals surface area contributed by atoms with E-state index in [2.05, 4.69) is 14.8 Å². The Morgan fingerprint density at radius 2 is 1.96 bits per heavy atom. The molecule has 3 rings (SSSR count). The van der Waals surface area contributed by atoms with Crippen LogP contribution >= 0.6 is 0 Å². The summed E-state index contributed by atoms with van der Waals surface area (Å²) in [5, 5.41) is 2.66. The molecule has 0 unspecified atom stereocenters. The average molecular weight is 409 g/mol. The Balaban J connectivity index is 1.55. The zero-order valence-corrected chi connectivity index (χ0v) is 16.0. The fraction of sp³-hybridized carbons (Fsp3) is 0.294. The van der Waals surface area contributed by atoms with E-state index >= 15 is 0 Å². The summed E-state index contributed by atoms with van der Waals surface area (Å²) in [4.78, 5) is 23.5. The highest BCUT2D eigenvalue weighted by Gasteiger charge is 2.21. The van der Waals surface area contributed by atoms with E-state index in [1.165, 1.54) is 31.0 Å². The lowest BCUT2D eigenvalue weighted by atomic mass is 10.2. The third kappa shape index (κ3) is 4.26. The molecule has 28 heavy (non-hydrogen) atoms. The molecule has 2 heterocycles. The number of benzene rings is 1. The van der Waals surface area contributed by atoms with E-state index in [0.717, 1.165) is 0 Å². The van der Waals surface area contributed by atoms with E-state index in [0.29, 0.717) is 17.2 Å². The average Bonchev–Trinajstić information content (AvgIpc) is 3.27. The predicted molar refractivity (Wildman–Crippen MR) is 97.8 cm³/mol. The molecule has 0 saturated heterocycles. The van der Waals surface area contributed by atoms with Gasteiger partial charge in [-0.05, 0) is 18.2 Å². The molecule has 0 fully saturated rings. The van der Waals surface area contributed by atoms with Gasteiger partial charge in [0.15, 0.2) is 11.5 Å². The molecule has 10 nitrogen and oxygen atoms in total. The van der Waals surface area contributed by atoms with Gasteiger partial charge < -0.3 is 24.1 Å². The molecule has 11 heteroatoms. The molecular weight excluding hydrogens is 390 g/mol. The lowest BCUT2D eigenvalue weighted by Crippen LogP contribution is -2.27. The molecule has 1 aromatic heterocycles. The Kier molecular flexibility index (Phi) is 5.56. The van der Waals surface area contributed by atoms with E-state index in [-0.39, 0.29) is 36.3 Å². The van der Waals surface area contributed by atoms with Crippen molar-refractivity contribution >= 4 is 27.6 Å². The van der Waals surface area contributed by atoms with Crippen molar-refractivity contribution in [3.8, 4) is 11.5 Å². The molecule has 0 bridgehead atoms. The van der Waals surface area contributed by atoms with Crippen molar-refractivity contribution < 1.29 is 32.2 Å². The number of hydrogen-bond acceptors (Lipinski definition) is 7. The largest absolute Gasteiger partial charge is 0.464 e. The number of nitrogens with zero attached hydrogens (tertiary/aromatic N) is 1. The third-order valence-corrected chi connectivity index (χ3v) is 5.41. The summed E-state index contributed by atoms with van der Waals surface area (Å²) in [6.45, 7) is 0.0207. The molecule has 1 amide bonds. The number of methoxy groups -OCH3 is 1. The summed E-state index contributed by atoms with van der Waals surface area (Å²) in [5.74, 6) is 0.112. The smallest absolute Gasteiger partial charge is 0.354 e. The van der Waals surface area contributed by atoms with Crippen LogP contribution in [-0.4, -0.2) is 45.3 Å². The summed E-state index contributed by atoms with van der Waals surface area (Å²) >= 11 is 0. The lowest BCUT2D eigenvalue weighted by molar-refractivity contribution is -0.116. The van der Waals surface area contributed by atoms with Crippen molar-refractivity contribution in [3.63, 3.8) is 0 Å². The van der Waals surface area contributed by atoms with E-state index in [1.807, 2.05) is 0 Å². The number of aromatic nitrogens is 1. The van der Waals surface area contributed by atoms with Crippen LogP contribution in [0.5, 0.6) is 11.5 Å². The molecule has 2 N–H and O–H groups in total. The van der Waals surface area contributed by atoms with Crippen LogP contribution in [0.2, 0.25) is 0 Å². The minimum absolute atomic E-state index is 0.0790. The molecule has 1 aliphatic rings. The maximum absolute atomic E-state index is 12.3. The number of carbonyl (C=O) groups is 2. The van der Waals surface area contributed by atoms with Crippen LogP contribution in [0.1, 0.15) is 16.9 Å². The summed E-state index contributed by atoms with van der Waals surface area (Å²) < 4.78 is 43.4. The van der Waals surface area contributed by atoms with Crippen LogP contribution in [0.4, 0.5) is 5.69 Å². The van der Waals surface area contributed by atoms with Gasteiger partial charge in [0.05, 0.1) is 7.11 Å². The van der Waals surface area contributed by atoms with Crippen LogP contribution in [0.15, 0.2) is 35.4 Å². The summed E-state index contributed by atoms with van der Waals surface area (Å²) in [7, 11) is -1.13. The second-order valence-electron chi connectivity index (χ2n) is 5.93. The van der Waals surface area contributed by atoms with Crippen LogP contribution in [0, 0.1) is 0 Å². The SMILES string of the molecule is COC(=O)c1cc(S(=O)(=O)NCCC(=O)Nc2ccc3c(c2)OCO3)cn1C. The second kappa shape index (κ2) is 7.90. The van der Waals surface area contributed by atoms with Crippen molar-refractivity contribution in [2.75, 3.05) is 25.8 Å². The molecule has 150 valence electrons. The first-order chi connectivity index (χ1) is 13.3. The maximum atomic E-state index is 12.3. The van der Waals surface area contributed by atoms with E-state index in [1.54, 1.807) is 18.2 Å². The quantitative estimate of drug-likeness (QED) is 0.650. The summed E-state index contributed by atoms with van der Waals surface area (Å²) in [5.41, 5.74) is 0.617. The number of rotatable bonds is 7. The normalized spacial score (nSPS) is 12.6. The number of anilines is 1. The third-order valence-electron chi connectivity index (χ3n) is 3.99. The minimum atomic E-state index is -3.88. The van der Waals surface area contributed by atoms with E-state index < -0.39 is 16.0 Å². The summed E-state index contributed by atoms with van der Waals surface area (Å²) in [6, 6.07) is 6.17. The highest BCUT2D eigenvalue weighted by molar-refractivity contribution is 7.89. The molecule has 0 spiro atoms. The first kappa shape index (κ1) is 19.7. The van der Waals surface area contributed by atoms with E-state index in [4.69, 9.17) is 9.47 Å². The first-order valence-corrected chi connectivity index (χ1v) is 9.72. The van der Waals surface area contributed by atoms with Gasteiger partial charge in [0, 0.05) is 38.0 Å². The number of fused-ring (bicyclic) bond motifs is 1. The van der Waals surface area contributed by atoms with Crippen LogP contribution in [-0.2, 0) is 26.6 Å². The molecule has 0 atom stereocenters. The highest BCUT2D eigenvalue weighted by atomic mass is 32.2. The van der Waals surface area contributed by atoms with E-state index in [9.17, 15) is 18.0 Å². The first-order valence-electron chi connectivity index (χ1n) is 8.24. The number of sulfonamides is 1. The molecule has 0 saturated carbocycles. The number of hydrogen-bond donors (Lipinski definition) is 2. The Hall–Kier alpha value is -3.05. The standard InChI is InChI=1S/C17H19N3O7S/c1-20-9-12(8-13(20)17(22)25-2)28(23,24)18-6-5-16(21)19-11-3-4-14-15(7-11)27-10-26-14/h3-4,7-9,18H,5-6,10H2,1-2H3,(H,19,21). The van der Waals surface area contributed by atoms with Gasteiger partial charge in [0.1, 0.15) is 10.6 Å². The van der Waals surface area contributed by atoms with Crippen LogP contribution in [0.3, 0.4) is 0 Å². The van der Waals surface area contributed by atoms with Crippen LogP contribution in [0.25, 0.3) is 0 Å². The zero-order valence-electron chi connectivity index (χ0n) is 15.2. The molecule has 1 aliphatic heterocycles. The van der Waals surface area contributed by atoms with Gasteiger partial charge in [0.25, 0.3) is 0 Å². The molecule has 0 aliphatic carbocycles. The number of aryl methyl sites for hydroxylation is 1. The van der Waals surface area contributed by atoms with Gasteiger partial charge in [-0.15, -0.1) is 0 Å². The molecule has 2 aromatic rings. The highest BCUT2D eigenvalue weighted by Crippen LogP contribution is 2.34. The van der Waals surface area contributed by atoms with Crippen molar-refractivity contribution in [2.45, 2.75) is 11.3 Å². The van der Waals surface area contributed by atoms with Crippen molar-refractivity contribution in [2.24, 2.45) is 7.05 Å². The van der Waals surface area contributed by atoms with Gasteiger partial charge in [-0.3, -0.25) is 4.79 Å². The number of amides is 1. The van der Waals surface area contributed by atoms with Gasteiger partial charge in [-0.25, -0.2) is 17.9 Å². The topological polar surface area (TPSA) is 125 Å². The monoisotopic (exact) mass is 409 g/mol. The van der Waals surface area contributed by atoms with Crippen molar-refractivity contribution in [3.05, 3.63) is 36.2 Å². The van der Waals surface area contributed by atoms with Gasteiger partial charge in [0.2, 0.25) is 22.7 Å². The Morgan fingerprint density at radius 1 is 1.21 bits per heavy atom. The van der Waals surface area contributed by atoms with Gasteiger partial charge >= 0.3 is 5.97 Å². The lowest BCUT2D eigenvalue weighted by Gasteiger charge is -2.07. The molecule has 1 aromatic carbocycles. The number of esters is 1. The Labute approximate surface area is 161 Å². The predicted octanol–water partition coefficient (Wildman–Crippen LogP) is 0.847. The minimum Gasteiger partial charge on any atom is -0.464 e. The fourth-order valence-electron chi connectivity index (χ4n) is 2.57. The molecule has 0 radical (unpaired) electrons. The maximum Gasteiger partial charge on any atom is 0.354 e. The van der Waals surface area contributed by atoms with Gasteiger partial charge in [-0.1, -0.05) is 0 Å². The summed E-state index contributed by atoms with van der Waals surface area (Å²) in [6.07, 6.45) is 1.21. The number of nitrogens with one attached hydrogen (secondary N) is 2.